The van der Waals surface area contributed by atoms with E-state index >= 15 is 0 Å². The number of rotatable bonds is 9. The van der Waals surface area contributed by atoms with Crippen LogP contribution < -0.4 is 21.4 Å². The number of thiophene rings is 1. The molecule has 3 heterocycles. The molecule has 0 bridgehead atoms. The van der Waals surface area contributed by atoms with E-state index in [1.165, 1.54) is 11.3 Å². The van der Waals surface area contributed by atoms with Crippen molar-refractivity contribution >= 4 is 40.1 Å². The van der Waals surface area contributed by atoms with Crippen molar-refractivity contribution in [3.05, 3.63) is 59.8 Å². The normalized spacial score (nSPS) is 13.2. The van der Waals surface area contributed by atoms with Gasteiger partial charge in [0.05, 0.1) is 30.1 Å². The topological polar surface area (TPSA) is 125 Å². The summed E-state index contributed by atoms with van der Waals surface area (Å²) in [6.07, 6.45) is 1.74. The number of nitrogens with zero attached hydrogens (tertiary/aromatic N) is 3. The highest BCUT2D eigenvalue weighted by atomic mass is 32.1. The fourth-order valence-corrected chi connectivity index (χ4v) is 4.28. The van der Waals surface area contributed by atoms with Gasteiger partial charge in [0.1, 0.15) is 23.8 Å². The Kier molecular flexibility index (Phi) is 6.59. The van der Waals surface area contributed by atoms with Gasteiger partial charge in [-0.1, -0.05) is 18.2 Å². The Hall–Kier alpha value is -3.47. The first-order chi connectivity index (χ1) is 15.8. The van der Waals surface area contributed by atoms with E-state index in [1.54, 1.807) is 26.3 Å². The van der Waals surface area contributed by atoms with E-state index in [9.17, 15) is 9.90 Å². The Balaban J connectivity index is 1.51. The van der Waals surface area contributed by atoms with Crippen LogP contribution >= 0.6 is 11.3 Å². The summed E-state index contributed by atoms with van der Waals surface area (Å²) in [5.41, 5.74) is 10.7. The third-order valence-electron chi connectivity index (χ3n) is 4.76. The standard InChI is InChI=1S/C23H26N6O3S/c1-23(2,31)12-32-11-16-4-3-5-20(27-16)28-22-18(21(24)30)10-19(33-22)15-6-8-17(9-7-15)29-13-25-26-14-29/h3-10,13,26,31H,11-12,14H2,1-2H3,(H2,24,30)(H,27,28). The second-order valence-corrected chi connectivity index (χ2v) is 9.29. The molecule has 2 aromatic heterocycles. The number of ether oxygens (including phenoxy) is 1. The fraction of sp³-hybridized carbons (Fsp3) is 0.261. The SMILES string of the molecule is CC(C)(O)COCc1cccc(Nc2sc(-c3ccc(N4C=NNC4)cc3)cc2C(N)=O)n1. The lowest BCUT2D eigenvalue weighted by Gasteiger charge is -2.16. The number of amides is 1. The minimum absolute atomic E-state index is 0.201. The van der Waals surface area contributed by atoms with Crippen LogP contribution in [-0.2, 0) is 11.3 Å². The summed E-state index contributed by atoms with van der Waals surface area (Å²) >= 11 is 1.43. The molecule has 33 heavy (non-hydrogen) atoms. The van der Waals surface area contributed by atoms with E-state index in [0.29, 0.717) is 28.7 Å². The lowest BCUT2D eigenvalue weighted by Crippen LogP contribution is -2.25. The molecule has 1 aromatic carbocycles. The Labute approximate surface area is 195 Å². The summed E-state index contributed by atoms with van der Waals surface area (Å²) in [5.74, 6) is 0.0621. The first kappa shape index (κ1) is 22.7. The number of nitrogens with two attached hydrogens (primary N) is 1. The van der Waals surface area contributed by atoms with Gasteiger partial charge < -0.3 is 25.8 Å². The lowest BCUT2D eigenvalue weighted by atomic mass is 10.1. The van der Waals surface area contributed by atoms with Crippen molar-refractivity contribution < 1.29 is 14.6 Å². The van der Waals surface area contributed by atoms with Crippen molar-refractivity contribution in [1.29, 1.82) is 0 Å². The Morgan fingerprint density at radius 3 is 2.76 bits per heavy atom. The Bertz CT molecular complexity index is 1150. The third kappa shape index (κ3) is 5.86. The van der Waals surface area contributed by atoms with Gasteiger partial charge >= 0.3 is 0 Å². The van der Waals surface area contributed by atoms with E-state index in [-0.39, 0.29) is 13.2 Å². The van der Waals surface area contributed by atoms with Crippen LogP contribution in [0.5, 0.6) is 0 Å². The van der Waals surface area contributed by atoms with Gasteiger partial charge in [0.25, 0.3) is 5.91 Å². The highest BCUT2D eigenvalue weighted by Gasteiger charge is 2.17. The summed E-state index contributed by atoms with van der Waals surface area (Å²) < 4.78 is 5.53. The molecule has 9 nitrogen and oxygen atoms in total. The molecule has 0 unspecified atom stereocenters. The van der Waals surface area contributed by atoms with Crippen LogP contribution in [0.4, 0.5) is 16.5 Å². The average Bonchev–Trinajstić information content (AvgIpc) is 3.44. The van der Waals surface area contributed by atoms with Crippen LogP contribution in [0.25, 0.3) is 10.4 Å². The second kappa shape index (κ2) is 9.57. The molecule has 5 N–H and O–H groups in total. The third-order valence-corrected chi connectivity index (χ3v) is 5.86. The maximum atomic E-state index is 12.1. The van der Waals surface area contributed by atoms with E-state index in [0.717, 1.165) is 16.1 Å². The number of pyridine rings is 1. The minimum Gasteiger partial charge on any atom is -0.388 e. The molecule has 0 aliphatic carbocycles. The van der Waals surface area contributed by atoms with Gasteiger partial charge in [0.15, 0.2) is 0 Å². The van der Waals surface area contributed by atoms with Gasteiger partial charge in [-0.3, -0.25) is 10.2 Å². The minimum atomic E-state index is -0.906. The highest BCUT2D eigenvalue weighted by molar-refractivity contribution is 7.19. The lowest BCUT2D eigenvalue weighted by molar-refractivity contribution is -0.0276. The molecule has 1 aliphatic rings. The van der Waals surface area contributed by atoms with Gasteiger partial charge in [0, 0.05) is 10.6 Å². The zero-order chi connectivity index (χ0) is 23.4. The number of primary amides is 1. The summed E-state index contributed by atoms with van der Waals surface area (Å²) in [4.78, 5) is 19.5. The van der Waals surface area contributed by atoms with Crippen molar-refractivity contribution in [2.45, 2.75) is 26.1 Å². The number of hydrazone groups is 1. The van der Waals surface area contributed by atoms with Gasteiger partial charge in [-0.2, -0.15) is 5.10 Å². The molecular weight excluding hydrogens is 440 g/mol. The fourth-order valence-electron chi connectivity index (χ4n) is 3.20. The summed E-state index contributed by atoms with van der Waals surface area (Å²) in [6, 6.07) is 15.3. The smallest absolute Gasteiger partial charge is 0.251 e. The van der Waals surface area contributed by atoms with Crippen molar-refractivity contribution in [3.8, 4) is 10.4 Å². The molecule has 1 amide bonds. The van der Waals surface area contributed by atoms with Crippen molar-refractivity contribution in [2.75, 3.05) is 23.5 Å². The van der Waals surface area contributed by atoms with Crippen molar-refractivity contribution in [1.82, 2.24) is 10.4 Å². The van der Waals surface area contributed by atoms with Gasteiger partial charge in [-0.05, 0) is 49.7 Å². The predicted molar refractivity (Wildman–Crippen MR) is 131 cm³/mol. The van der Waals surface area contributed by atoms with Crippen LogP contribution in [-0.4, -0.2) is 41.2 Å². The van der Waals surface area contributed by atoms with Gasteiger partial charge in [-0.15, -0.1) is 11.3 Å². The number of hydrogen-bond acceptors (Lipinski definition) is 9. The van der Waals surface area contributed by atoms with Crippen LogP contribution in [0, 0.1) is 0 Å². The van der Waals surface area contributed by atoms with E-state index in [4.69, 9.17) is 10.5 Å². The molecule has 10 heteroatoms. The number of carbonyl (C=O) groups is 1. The second-order valence-electron chi connectivity index (χ2n) is 8.24. The molecule has 0 fully saturated rings. The number of anilines is 3. The van der Waals surface area contributed by atoms with Gasteiger partial charge in [-0.25, -0.2) is 4.98 Å². The number of aromatic nitrogens is 1. The van der Waals surface area contributed by atoms with Crippen molar-refractivity contribution in [2.24, 2.45) is 10.8 Å². The summed E-state index contributed by atoms with van der Waals surface area (Å²) in [5, 5.41) is 17.6. The monoisotopic (exact) mass is 466 g/mol. The zero-order valence-electron chi connectivity index (χ0n) is 18.4. The summed E-state index contributed by atoms with van der Waals surface area (Å²) in [7, 11) is 0. The number of hydrogen-bond donors (Lipinski definition) is 4. The molecule has 0 saturated carbocycles. The van der Waals surface area contributed by atoms with Crippen LogP contribution in [0.3, 0.4) is 0 Å². The molecule has 0 saturated heterocycles. The van der Waals surface area contributed by atoms with E-state index in [1.807, 2.05) is 47.4 Å². The number of aliphatic hydroxyl groups is 1. The molecule has 0 radical (unpaired) electrons. The number of nitrogens with one attached hydrogen (secondary N) is 2. The zero-order valence-corrected chi connectivity index (χ0v) is 19.2. The predicted octanol–water partition coefficient (Wildman–Crippen LogP) is 3.25. The average molecular weight is 467 g/mol. The van der Waals surface area contributed by atoms with E-state index in [2.05, 4.69) is 20.8 Å². The molecule has 3 aromatic rings. The molecule has 0 spiro atoms. The molecule has 1 aliphatic heterocycles. The van der Waals surface area contributed by atoms with Crippen LogP contribution in [0.2, 0.25) is 0 Å². The molecule has 0 atom stereocenters. The number of benzene rings is 1. The Morgan fingerprint density at radius 1 is 1.30 bits per heavy atom. The quantitative estimate of drug-likeness (QED) is 0.381. The largest absolute Gasteiger partial charge is 0.388 e. The summed E-state index contributed by atoms with van der Waals surface area (Å²) in [6.45, 7) is 4.47. The van der Waals surface area contributed by atoms with Gasteiger partial charge in [0.2, 0.25) is 0 Å². The first-order valence-electron chi connectivity index (χ1n) is 10.4. The highest BCUT2D eigenvalue weighted by Crippen LogP contribution is 2.37. The van der Waals surface area contributed by atoms with Crippen LogP contribution in [0.1, 0.15) is 29.9 Å². The van der Waals surface area contributed by atoms with E-state index < -0.39 is 11.5 Å². The van der Waals surface area contributed by atoms with Crippen molar-refractivity contribution in [3.63, 3.8) is 0 Å². The maximum Gasteiger partial charge on any atom is 0.251 e. The molecule has 172 valence electrons. The maximum absolute atomic E-state index is 12.1. The molecule has 4 rings (SSSR count). The molecular formula is C23H26N6O3S. The first-order valence-corrected chi connectivity index (χ1v) is 11.2. The number of carbonyl (C=O) groups excluding carboxylic acids is 1. The van der Waals surface area contributed by atoms with Crippen LogP contribution in [0.15, 0.2) is 53.6 Å². The Morgan fingerprint density at radius 2 is 2.09 bits per heavy atom.